The summed E-state index contributed by atoms with van der Waals surface area (Å²) in [4.78, 5) is 4.02. The lowest BCUT2D eigenvalue weighted by molar-refractivity contribution is 0.694. The van der Waals surface area contributed by atoms with Crippen LogP contribution in [0.2, 0.25) is 0 Å². The summed E-state index contributed by atoms with van der Waals surface area (Å²) < 4.78 is 2.45. The molecule has 6 aromatic rings. The van der Waals surface area contributed by atoms with Crippen molar-refractivity contribution in [2.75, 3.05) is 11.9 Å². The first-order chi connectivity index (χ1) is 23.4. The number of aromatic nitrogens is 1. The van der Waals surface area contributed by atoms with Gasteiger partial charge in [-0.15, -0.1) is 11.8 Å². The maximum Gasteiger partial charge on any atom is 0.0713 e. The van der Waals surface area contributed by atoms with E-state index in [-0.39, 0.29) is 11.3 Å². The Morgan fingerprint density at radius 2 is 1.62 bits per heavy atom. The van der Waals surface area contributed by atoms with Crippen LogP contribution < -0.4 is 4.90 Å². The Kier molecular flexibility index (Phi) is 7.84. The number of allylic oxidation sites excluding steroid dienone is 2. The molecule has 0 saturated heterocycles. The average molecular weight is 645 g/mol. The van der Waals surface area contributed by atoms with Gasteiger partial charge in [-0.3, -0.25) is 0 Å². The molecule has 5 aromatic carbocycles. The first-order valence-corrected chi connectivity index (χ1v) is 18.3. The molecule has 0 spiro atoms. The number of nitrogens with zero attached hydrogens (tertiary/aromatic N) is 2. The molecule has 1 aromatic heterocycles. The highest BCUT2D eigenvalue weighted by molar-refractivity contribution is 8.00. The lowest BCUT2D eigenvalue weighted by Gasteiger charge is -2.34. The Bertz CT molecular complexity index is 2250. The molecule has 0 bridgehead atoms. The molecule has 8 rings (SSSR count). The summed E-state index contributed by atoms with van der Waals surface area (Å²) in [7, 11) is 2.30. The van der Waals surface area contributed by atoms with E-state index in [1.54, 1.807) is 0 Å². The molecule has 1 aliphatic heterocycles. The van der Waals surface area contributed by atoms with Gasteiger partial charge in [-0.05, 0) is 115 Å². The minimum absolute atomic E-state index is 0.173. The van der Waals surface area contributed by atoms with Crippen LogP contribution in [-0.2, 0) is 6.54 Å². The van der Waals surface area contributed by atoms with Crippen molar-refractivity contribution in [1.82, 2.24) is 4.57 Å². The second-order valence-corrected chi connectivity index (χ2v) is 15.0. The summed E-state index contributed by atoms with van der Waals surface area (Å²) in [5.74, 6) is 0.502. The van der Waals surface area contributed by atoms with E-state index in [9.17, 15) is 0 Å². The molecular formula is C45H44N2S. The van der Waals surface area contributed by atoms with E-state index in [0.29, 0.717) is 5.92 Å². The lowest BCUT2D eigenvalue weighted by atomic mass is 9.83. The Morgan fingerprint density at radius 1 is 0.854 bits per heavy atom. The van der Waals surface area contributed by atoms with Gasteiger partial charge in [0.2, 0.25) is 0 Å². The highest BCUT2D eigenvalue weighted by Crippen LogP contribution is 2.57. The van der Waals surface area contributed by atoms with Crippen LogP contribution >= 0.6 is 11.8 Å². The minimum Gasteiger partial charge on any atom is -0.366 e. The van der Waals surface area contributed by atoms with E-state index in [4.69, 9.17) is 0 Å². The first-order valence-electron chi connectivity index (χ1n) is 17.4. The molecule has 0 saturated carbocycles. The fraction of sp³-hybridized carbons (Fsp3) is 0.244. The van der Waals surface area contributed by atoms with Crippen molar-refractivity contribution in [3.05, 3.63) is 148 Å². The molecule has 48 heavy (non-hydrogen) atoms. The largest absolute Gasteiger partial charge is 0.366 e. The third-order valence-corrected chi connectivity index (χ3v) is 12.3. The quantitative estimate of drug-likeness (QED) is 0.167. The van der Waals surface area contributed by atoms with Gasteiger partial charge in [0.1, 0.15) is 0 Å². The third-order valence-electron chi connectivity index (χ3n) is 10.9. The van der Waals surface area contributed by atoms with Crippen LogP contribution in [0.4, 0.5) is 5.69 Å². The van der Waals surface area contributed by atoms with Crippen molar-refractivity contribution in [2.24, 2.45) is 0 Å². The van der Waals surface area contributed by atoms with Gasteiger partial charge in [0.25, 0.3) is 0 Å². The highest BCUT2D eigenvalue weighted by Gasteiger charge is 2.42. The Labute approximate surface area is 289 Å². The Hall–Kier alpha value is -4.47. The summed E-state index contributed by atoms with van der Waals surface area (Å²) in [6.07, 6.45) is 5.78. The van der Waals surface area contributed by atoms with E-state index in [1.165, 1.54) is 82.5 Å². The van der Waals surface area contributed by atoms with Crippen molar-refractivity contribution < 1.29 is 0 Å². The third kappa shape index (κ3) is 4.94. The van der Waals surface area contributed by atoms with Crippen LogP contribution in [0.1, 0.15) is 78.1 Å². The molecule has 3 unspecified atom stereocenters. The highest BCUT2D eigenvalue weighted by atomic mass is 32.2. The van der Waals surface area contributed by atoms with Crippen LogP contribution in [0.15, 0.2) is 114 Å². The van der Waals surface area contributed by atoms with E-state index >= 15 is 0 Å². The van der Waals surface area contributed by atoms with Gasteiger partial charge in [-0.1, -0.05) is 97.4 Å². The molecule has 2 nitrogen and oxygen atoms in total. The molecule has 3 heteroatoms. The van der Waals surface area contributed by atoms with E-state index < -0.39 is 0 Å². The topological polar surface area (TPSA) is 8.17 Å². The number of fused-ring (bicyclic) bond motifs is 6. The summed E-state index contributed by atoms with van der Waals surface area (Å²) in [6, 6.07) is 39.0. The number of aryl methyl sites for hydroxylation is 3. The Balaban J connectivity index is 1.39. The van der Waals surface area contributed by atoms with Crippen LogP contribution in [0.25, 0.3) is 39.0 Å². The molecule has 2 heterocycles. The fourth-order valence-electron chi connectivity index (χ4n) is 8.44. The van der Waals surface area contributed by atoms with Crippen molar-refractivity contribution in [1.29, 1.82) is 0 Å². The molecule has 0 radical (unpaired) electrons. The average Bonchev–Trinajstić information content (AvgIpc) is 3.64. The molecule has 0 N–H and O–H groups in total. The van der Waals surface area contributed by atoms with Gasteiger partial charge < -0.3 is 9.47 Å². The van der Waals surface area contributed by atoms with Crippen molar-refractivity contribution >= 4 is 56.5 Å². The zero-order valence-electron chi connectivity index (χ0n) is 28.9. The van der Waals surface area contributed by atoms with Gasteiger partial charge in [-0.2, -0.15) is 0 Å². The van der Waals surface area contributed by atoms with Crippen LogP contribution in [0, 0.1) is 13.8 Å². The van der Waals surface area contributed by atoms with Crippen molar-refractivity contribution in [2.45, 2.75) is 69.7 Å². The second kappa shape index (κ2) is 12.2. The molecule has 0 fully saturated rings. The van der Waals surface area contributed by atoms with Crippen LogP contribution in [-0.4, -0.2) is 16.9 Å². The smallest absolute Gasteiger partial charge is 0.0713 e. The van der Waals surface area contributed by atoms with Crippen LogP contribution in [0.3, 0.4) is 0 Å². The van der Waals surface area contributed by atoms with E-state index in [1.807, 2.05) is 0 Å². The van der Waals surface area contributed by atoms with Gasteiger partial charge in [0.15, 0.2) is 0 Å². The molecule has 3 atom stereocenters. The predicted molar refractivity (Wildman–Crippen MR) is 209 cm³/mol. The van der Waals surface area contributed by atoms with Crippen LogP contribution in [0.5, 0.6) is 0 Å². The summed E-state index contributed by atoms with van der Waals surface area (Å²) in [5, 5.41) is 2.86. The van der Waals surface area contributed by atoms with Gasteiger partial charge >= 0.3 is 0 Å². The van der Waals surface area contributed by atoms with Crippen molar-refractivity contribution in [3.63, 3.8) is 0 Å². The number of rotatable bonds is 6. The van der Waals surface area contributed by atoms with E-state index in [0.717, 1.165) is 13.0 Å². The van der Waals surface area contributed by atoms with Gasteiger partial charge in [0, 0.05) is 46.0 Å². The van der Waals surface area contributed by atoms with Crippen molar-refractivity contribution in [3.8, 4) is 0 Å². The molecule has 1 aliphatic carbocycles. The SMILES string of the molecule is CCn1c2ccccc2c2cc(/C(C)=C(/c3ccc(C)cc3C)C3Sc4c(ccc5c4C(C)CC=C5)C3N(C)c3ccccc3)ccc21. The standard InChI is InChI=1S/C45H44N2S/c1-7-47-39-19-12-11-18-36(39)38-27-33(22-25-40(38)47)31(5)42(35-23-20-28(2)26-30(35)4)45-43(46(6)34-16-9-8-10-17-34)37-24-21-32-15-13-14-29(3)41(32)44(37)48-45/h8-13,15-27,29,43,45H,7,14H2,1-6H3/b42-31-. The second-order valence-electron chi connectivity index (χ2n) is 13.8. The maximum absolute atomic E-state index is 2.54. The number of para-hydroxylation sites is 2. The first kappa shape index (κ1) is 30.8. The van der Waals surface area contributed by atoms with E-state index in [2.05, 4.69) is 178 Å². The number of benzene rings is 5. The summed E-state index contributed by atoms with van der Waals surface area (Å²) in [6.45, 7) is 12.5. The molecular weight excluding hydrogens is 601 g/mol. The molecule has 2 aliphatic rings. The number of hydrogen-bond acceptors (Lipinski definition) is 2. The van der Waals surface area contributed by atoms with Gasteiger partial charge in [-0.25, -0.2) is 0 Å². The Morgan fingerprint density at radius 3 is 2.42 bits per heavy atom. The summed E-state index contributed by atoms with van der Waals surface area (Å²) in [5.41, 5.74) is 16.3. The predicted octanol–water partition coefficient (Wildman–Crippen LogP) is 12.2. The number of hydrogen-bond donors (Lipinski definition) is 0. The lowest BCUT2D eigenvalue weighted by Crippen LogP contribution is -2.31. The summed E-state index contributed by atoms with van der Waals surface area (Å²) >= 11 is 2.10. The molecule has 240 valence electrons. The maximum atomic E-state index is 2.54. The zero-order chi connectivity index (χ0) is 33.1. The monoisotopic (exact) mass is 644 g/mol. The number of anilines is 1. The minimum atomic E-state index is 0.173. The number of thioether (sulfide) groups is 1. The van der Waals surface area contributed by atoms with Gasteiger partial charge in [0.05, 0.1) is 11.3 Å². The normalized spacial score (nSPS) is 19.0. The molecule has 0 amide bonds. The zero-order valence-corrected chi connectivity index (χ0v) is 29.7. The fourth-order valence-corrected chi connectivity index (χ4v) is 10.3.